The summed E-state index contributed by atoms with van der Waals surface area (Å²) in [6.07, 6.45) is -0.512. The highest BCUT2D eigenvalue weighted by molar-refractivity contribution is 7.89. The van der Waals surface area contributed by atoms with Crippen molar-refractivity contribution in [2.45, 2.75) is 17.9 Å². The maximum Gasteiger partial charge on any atom is 0.240 e. The summed E-state index contributed by atoms with van der Waals surface area (Å²) in [5.41, 5.74) is 1.23. The van der Waals surface area contributed by atoms with Crippen LogP contribution in [0, 0.1) is 0 Å². The van der Waals surface area contributed by atoms with E-state index in [1.165, 1.54) is 38.3 Å². The highest BCUT2D eigenvalue weighted by Gasteiger charge is 2.19. The second-order valence-electron chi connectivity index (χ2n) is 5.30. The van der Waals surface area contributed by atoms with Gasteiger partial charge in [0.25, 0.3) is 0 Å². The molecule has 0 aromatic heterocycles. The van der Waals surface area contributed by atoms with E-state index >= 15 is 0 Å². The Morgan fingerprint density at radius 2 is 1.80 bits per heavy atom. The lowest BCUT2D eigenvalue weighted by Gasteiger charge is -2.18. The minimum atomic E-state index is -3.72. The highest BCUT2D eigenvalue weighted by Crippen LogP contribution is 2.25. The molecule has 1 atom stereocenters. The van der Waals surface area contributed by atoms with Crippen LogP contribution in [0.4, 0.5) is 5.69 Å². The molecule has 0 aliphatic rings. The molecule has 1 amide bonds. The fraction of sp³-hybridized carbons (Fsp3) is 0.235. The van der Waals surface area contributed by atoms with Crippen LogP contribution in [0.2, 0.25) is 5.02 Å². The van der Waals surface area contributed by atoms with Crippen molar-refractivity contribution in [2.24, 2.45) is 0 Å². The monoisotopic (exact) mass is 382 g/mol. The molecule has 0 aliphatic carbocycles. The Balaban J connectivity index is 2.10. The zero-order valence-electron chi connectivity index (χ0n) is 13.8. The number of carbonyl (C=O) groups is 1. The number of sulfonamides is 1. The Bertz CT molecular complexity index is 838. The van der Waals surface area contributed by atoms with Crippen molar-refractivity contribution < 1.29 is 17.9 Å². The van der Waals surface area contributed by atoms with Gasteiger partial charge in [-0.25, -0.2) is 13.1 Å². The third-order valence-corrected chi connectivity index (χ3v) is 5.26. The van der Waals surface area contributed by atoms with Gasteiger partial charge in [0.15, 0.2) is 0 Å². The smallest absolute Gasteiger partial charge is 0.240 e. The number of carbonyl (C=O) groups excluding carboxylic acids is 1. The molecule has 0 bridgehead atoms. The number of methoxy groups -OCH3 is 1. The SMILES string of the molecule is COC(CNS(=O)(=O)c1ccc(NC(C)=O)cc1)c1ccccc1Cl. The Kier molecular flexibility index (Phi) is 6.55. The number of nitrogens with one attached hydrogen (secondary N) is 2. The number of benzene rings is 2. The van der Waals surface area contributed by atoms with E-state index in [0.29, 0.717) is 16.3 Å². The van der Waals surface area contributed by atoms with E-state index < -0.39 is 16.1 Å². The number of hydrogen-bond acceptors (Lipinski definition) is 4. The van der Waals surface area contributed by atoms with Gasteiger partial charge in [-0.05, 0) is 30.3 Å². The second-order valence-corrected chi connectivity index (χ2v) is 7.48. The lowest BCUT2D eigenvalue weighted by atomic mass is 10.1. The molecule has 1 unspecified atom stereocenters. The summed E-state index contributed by atoms with van der Waals surface area (Å²) in [5.74, 6) is -0.226. The third kappa shape index (κ3) is 5.27. The Morgan fingerprint density at radius 1 is 1.16 bits per heavy atom. The normalized spacial score (nSPS) is 12.6. The zero-order valence-corrected chi connectivity index (χ0v) is 15.4. The quantitative estimate of drug-likeness (QED) is 0.771. The van der Waals surface area contributed by atoms with Gasteiger partial charge in [0.1, 0.15) is 0 Å². The first-order valence-corrected chi connectivity index (χ1v) is 9.34. The summed E-state index contributed by atoms with van der Waals surface area (Å²) < 4.78 is 32.7. The molecule has 134 valence electrons. The van der Waals surface area contributed by atoms with Crippen LogP contribution in [0.1, 0.15) is 18.6 Å². The van der Waals surface area contributed by atoms with Gasteiger partial charge in [-0.3, -0.25) is 4.79 Å². The van der Waals surface area contributed by atoms with Gasteiger partial charge in [0, 0.05) is 36.9 Å². The molecular formula is C17H19ClN2O4S. The first-order valence-electron chi connectivity index (χ1n) is 7.48. The van der Waals surface area contributed by atoms with E-state index in [4.69, 9.17) is 16.3 Å². The molecule has 6 nitrogen and oxygen atoms in total. The lowest BCUT2D eigenvalue weighted by Crippen LogP contribution is -2.29. The molecule has 0 heterocycles. The third-order valence-electron chi connectivity index (χ3n) is 3.48. The number of ether oxygens (including phenoxy) is 1. The molecule has 0 aliphatic heterocycles. The van der Waals surface area contributed by atoms with Gasteiger partial charge in [0.05, 0.1) is 11.0 Å². The molecule has 2 aromatic carbocycles. The molecule has 0 spiro atoms. The number of hydrogen-bond donors (Lipinski definition) is 2. The topological polar surface area (TPSA) is 84.5 Å². The average molecular weight is 383 g/mol. The Morgan fingerprint density at radius 3 is 2.36 bits per heavy atom. The van der Waals surface area contributed by atoms with Crippen LogP contribution in [-0.4, -0.2) is 28.0 Å². The van der Waals surface area contributed by atoms with Crippen molar-refractivity contribution >= 4 is 33.2 Å². The van der Waals surface area contributed by atoms with Crippen LogP contribution in [0.3, 0.4) is 0 Å². The average Bonchev–Trinajstić information content (AvgIpc) is 2.57. The van der Waals surface area contributed by atoms with Crippen molar-refractivity contribution in [3.05, 3.63) is 59.1 Å². The number of halogens is 1. The maximum atomic E-state index is 12.4. The van der Waals surface area contributed by atoms with Crippen LogP contribution in [-0.2, 0) is 19.6 Å². The molecule has 0 saturated heterocycles. The van der Waals surface area contributed by atoms with Crippen LogP contribution < -0.4 is 10.0 Å². The largest absolute Gasteiger partial charge is 0.375 e. The Labute approximate surface area is 152 Å². The molecule has 0 radical (unpaired) electrons. The van der Waals surface area contributed by atoms with E-state index in [1.54, 1.807) is 18.2 Å². The van der Waals surface area contributed by atoms with Crippen LogP contribution >= 0.6 is 11.6 Å². The molecule has 0 fully saturated rings. The summed E-state index contributed by atoms with van der Waals surface area (Å²) in [7, 11) is -2.23. The number of anilines is 1. The predicted molar refractivity (Wildman–Crippen MR) is 97.1 cm³/mol. The van der Waals surface area contributed by atoms with Gasteiger partial charge >= 0.3 is 0 Å². The van der Waals surface area contributed by atoms with Crippen molar-refractivity contribution in [1.29, 1.82) is 0 Å². The van der Waals surface area contributed by atoms with Crippen molar-refractivity contribution in [1.82, 2.24) is 4.72 Å². The molecule has 25 heavy (non-hydrogen) atoms. The second kappa shape index (κ2) is 8.44. The maximum absolute atomic E-state index is 12.4. The fourth-order valence-corrected chi connectivity index (χ4v) is 3.54. The van der Waals surface area contributed by atoms with Crippen LogP contribution in [0.5, 0.6) is 0 Å². The molecule has 2 aromatic rings. The summed E-state index contributed by atoms with van der Waals surface area (Å²) in [4.78, 5) is 11.1. The highest BCUT2D eigenvalue weighted by atomic mass is 35.5. The number of rotatable bonds is 7. The molecule has 2 rings (SSSR count). The standard InChI is InChI=1S/C17H19ClN2O4S/c1-12(21)20-13-7-9-14(10-8-13)25(22,23)19-11-17(24-2)15-5-3-4-6-16(15)18/h3-10,17,19H,11H2,1-2H3,(H,20,21). The van der Waals surface area contributed by atoms with Crippen molar-refractivity contribution in [2.75, 3.05) is 19.0 Å². The summed E-state index contributed by atoms with van der Waals surface area (Å²) >= 11 is 6.13. The van der Waals surface area contributed by atoms with Gasteiger partial charge in [-0.2, -0.15) is 0 Å². The van der Waals surface area contributed by atoms with Crippen LogP contribution in [0.25, 0.3) is 0 Å². The first kappa shape index (κ1) is 19.4. The molecule has 8 heteroatoms. The van der Waals surface area contributed by atoms with E-state index in [9.17, 15) is 13.2 Å². The summed E-state index contributed by atoms with van der Waals surface area (Å²) in [6, 6.07) is 13.0. The first-order chi connectivity index (χ1) is 11.8. The Hall–Kier alpha value is -1.93. The van der Waals surface area contributed by atoms with Crippen molar-refractivity contribution in [3.63, 3.8) is 0 Å². The minimum Gasteiger partial charge on any atom is -0.375 e. The molecular weight excluding hydrogens is 364 g/mol. The van der Waals surface area contributed by atoms with Gasteiger partial charge < -0.3 is 10.1 Å². The van der Waals surface area contributed by atoms with E-state index in [0.717, 1.165) is 0 Å². The van der Waals surface area contributed by atoms with E-state index in [-0.39, 0.29) is 17.3 Å². The van der Waals surface area contributed by atoms with Gasteiger partial charge in [0.2, 0.25) is 15.9 Å². The predicted octanol–water partition coefficient (Wildman–Crippen LogP) is 2.96. The lowest BCUT2D eigenvalue weighted by molar-refractivity contribution is -0.114. The van der Waals surface area contributed by atoms with Crippen LogP contribution in [0.15, 0.2) is 53.4 Å². The van der Waals surface area contributed by atoms with Crippen molar-refractivity contribution in [3.8, 4) is 0 Å². The number of amides is 1. The van der Waals surface area contributed by atoms with E-state index in [2.05, 4.69) is 10.0 Å². The van der Waals surface area contributed by atoms with Gasteiger partial charge in [-0.1, -0.05) is 29.8 Å². The van der Waals surface area contributed by atoms with Gasteiger partial charge in [-0.15, -0.1) is 0 Å². The molecule has 2 N–H and O–H groups in total. The zero-order chi connectivity index (χ0) is 18.4. The van der Waals surface area contributed by atoms with E-state index in [1.807, 2.05) is 6.07 Å². The summed E-state index contributed by atoms with van der Waals surface area (Å²) in [6.45, 7) is 1.42. The minimum absolute atomic E-state index is 0.0377. The summed E-state index contributed by atoms with van der Waals surface area (Å²) in [5, 5.41) is 3.09. The molecule has 0 saturated carbocycles. The fourth-order valence-electron chi connectivity index (χ4n) is 2.25.